The van der Waals surface area contributed by atoms with E-state index in [0.717, 1.165) is 16.9 Å². The summed E-state index contributed by atoms with van der Waals surface area (Å²) in [4.78, 5) is 28.9. The first-order valence-electron chi connectivity index (χ1n) is 10.6. The minimum Gasteiger partial charge on any atom is -0.336 e. The van der Waals surface area contributed by atoms with Crippen LogP contribution in [0.3, 0.4) is 0 Å². The van der Waals surface area contributed by atoms with Crippen LogP contribution in [-0.4, -0.2) is 27.1 Å². The van der Waals surface area contributed by atoms with Crippen LogP contribution in [0.5, 0.6) is 0 Å². The lowest BCUT2D eigenvalue weighted by atomic mass is 10.1. The Balaban J connectivity index is 1.59. The van der Waals surface area contributed by atoms with Crippen molar-refractivity contribution in [3.63, 3.8) is 0 Å². The van der Waals surface area contributed by atoms with Crippen molar-refractivity contribution < 1.29 is 4.79 Å². The van der Waals surface area contributed by atoms with Gasteiger partial charge in [0.15, 0.2) is 0 Å². The van der Waals surface area contributed by atoms with E-state index in [1.165, 1.54) is 16.3 Å². The second kappa shape index (κ2) is 10.2. The number of aromatic nitrogens is 2. The summed E-state index contributed by atoms with van der Waals surface area (Å²) in [6.45, 7) is 2.78. The summed E-state index contributed by atoms with van der Waals surface area (Å²) in [5.41, 5.74) is 2.63. The Morgan fingerprint density at radius 1 is 0.938 bits per heavy atom. The first kappa shape index (κ1) is 21.7. The van der Waals surface area contributed by atoms with Crippen molar-refractivity contribution >= 4 is 17.2 Å². The van der Waals surface area contributed by atoms with Crippen LogP contribution in [0.15, 0.2) is 95.1 Å². The van der Waals surface area contributed by atoms with E-state index in [4.69, 9.17) is 0 Å². The topological polar surface area (TPSA) is 55.2 Å². The number of rotatable bonds is 8. The van der Waals surface area contributed by atoms with Gasteiger partial charge in [-0.05, 0) is 42.0 Å². The summed E-state index contributed by atoms with van der Waals surface area (Å²) in [6.07, 6.45) is 0.740. The third kappa shape index (κ3) is 5.21. The number of amides is 1. The van der Waals surface area contributed by atoms with E-state index in [9.17, 15) is 9.59 Å². The largest absolute Gasteiger partial charge is 0.336 e. The van der Waals surface area contributed by atoms with E-state index >= 15 is 0 Å². The number of carbonyl (C=O) groups is 1. The zero-order valence-electron chi connectivity index (χ0n) is 17.9. The van der Waals surface area contributed by atoms with E-state index in [0.29, 0.717) is 18.8 Å². The van der Waals surface area contributed by atoms with Gasteiger partial charge < -0.3 is 4.90 Å². The smallest absolute Gasteiger partial charge is 0.267 e. The summed E-state index contributed by atoms with van der Waals surface area (Å²) >= 11 is 1.55. The maximum atomic E-state index is 13.5. The van der Waals surface area contributed by atoms with Crippen LogP contribution in [0.2, 0.25) is 0 Å². The van der Waals surface area contributed by atoms with E-state index in [1.807, 2.05) is 70.9 Å². The molecule has 0 aliphatic carbocycles. The molecule has 0 saturated carbocycles. The Kier molecular flexibility index (Phi) is 6.92. The number of benzene rings is 2. The maximum Gasteiger partial charge on any atom is 0.267 e. The molecule has 6 heteroatoms. The van der Waals surface area contributed by atoms with Crippen molar-refractivity contribution in [3.8, 4) is 10.6 Å². The van der Waals surface area contributed by atoms with Crippen LogP contribution < -0.4 is 5.56 Å². The Morgan fingerprint density at radius 3 is 2.28 bits per heavy atom. The molecule has 1 atom stereocenters. The molecule has 1 unspecified atom stereocenters. The Labute approximate surface area is 191 Å². The van der Waals surface area contributed by atoms with E-state index in [-0.39, 0.29) is 11.5 Å². The van der Waals surface area contributed by atoms with Gasteiger partial charge in [0.1, 0.15) is 11.7 Å². The third-order valence-corrected chi connectivity index (χ3v) is 6.26. The highest BCUT2D eigenvalue weighted by atomic mass is 32.1. The molecule has 0 aliphatic rings. The van der Waals surface area contributed by atoms with Crippen LogP contribution in [-0.2, 0) is 17.8 Å². The van der Waals surface area contributed by atoms with Gasteiger partial charge in [-0.15, -0.1) is 11.3 Å². The molecule has 4 rings (SSSR count). The highest BCUT2D eigenvalue weighted by Crippen LogP contribution is 2.22. The van der Waals surface area contributed by atoms with Gasteiger partial charge >= 0.3 is 0 Å². The Hall–Kier alpha value is -3.51. The molecule has 2 aromatic carbocycles. The molecule has 0 N–H and O–H groups in total. The third-order valence-electron chi connectivity index (χ3n) is 5.36. The van der Waals surface area contributed by atoms with E-state index in [1.54, 1.807) is 24.3 Å². The Morgan fingerprint density at radius 2 is 1.62 bits per heavy atom. The summed E-state index contributed by atoms with van der Waals surface area (Å²) in [5.74, 6) is -0.122. The van der Waals surface area contributed by atoms with Crippen LogP contribution in [0.1, 0.15) is 24.1 Å². The second-order valence-electron chi connectivity index (χ2n) is 7.64. The first-order chi connectivity index (χ1) is 15.6. The quantitative estimate of drug-likeness (QED) is 0.393. The zero-order valence-corrected chi connectivity index (χ0v) is 18.7. The fraction of sp³-hybridized carbons (Fsp3) is 0.192. The van der Waals surface area contributed by atoms with E-state index in [2.05, 4.69) is 17.2 Å². The second-order valence-corrected chi connectivity index (χ2v) is 8.58. The van der Waals surface area contributed by atoms with Gasteiger partial charge in [0.05, 0.1) is 4.88 Å². The molecule has 2 heterocycles. The fourth-order valence-electron chi connectivity index (χ4n) is 3.61. The van der Waals surface area contributed by atoms with Gasteiger partial charge in [-0.1, -0.05) is 66.7 Å². The number of carbonyl (C=O) groups excluding carboxylic acids is 1. The minimum atomic E-state index is -0.707. The molecule has 0 fully saturated rings. The predicted octanol–water partition coefficient (Wildman–Crippen LogP) is 4.80. The monoisotopic (exact) mass is 443 g/mol. The molecule has 2 aromatic heterocycles. The standard InChI is InChI=1S/C26H25N3O2S/c1-20(29-25(30)15-14-23(27-29)24-13-8-18-32-24)26(31)28(19-22-11-6-3-7-12-22)17-16-21-9-4-2-5-10-21/h2-15,18,20H,16-17,19H2,1H3. The van der Waals surface area contributed by atoms with Gasteiger partial charge in [0.2, 0.25) is 5.91 Å². The molecule has 32 heavy (non-hydrogen) atoms. The summed E-state index contributed by atoms with van der Waals surface area (Å²) in [5, 5.41) is 6.48. The van der Waals surface area contributed by atoms with Crippen LogP contribution in [0.25, 0.3) is 10.6 Å². The highest BCUT2D eigenvalue weighted by Gasteiger charge is 2.24. The number of nitrogens with zero attached hydrogens (tertiary/aromatic N) is 3. The molecule has 5 nitrogen and oxygen atoms in total. The number of hydrogen-bond acceptors (Lipinski definition) is 4. The molecular formula is C26H25N3O2S. The highest BCUT2D eigenvalue weighted by molar-refractivity contribution is 7.13. The summed E-state index contributed by atoms with van der Waals surface area (Å²) in [6, 6.07) is 26.4. The average Bonchev–Trinajstić information content (AvgIpc) is 3.37. The van der Waals surface area contributed by atoms with Gasteiger partial charge in [-0.25, -0.2) is 4.68 Å². The van der Waals surface area contributed by atoms with Crippen molar-refractivity contribution in [1.29, 1.82) is 0 Å². The van der Waals surface area contributed by atoms with Crippen molar-refractivity contribution in [1.82, 2.24) is 14.7 Å². The molecule has 0 radical (unpaired) electrons. The van der Waals surface area contributed by atoms with Gasteiger partial charge in [0.25, 0.3) is 5.56 Å². The van der Waals surface area contributed by atoms with Crippen molar-refractivity contribution in [3.05, 3.63) is 112 Å². The molecule has 1 amide bonds. The van der Waals surface area contributed by atoms with Crippen molar-refractivity contribution in [2.75, 3.05) is 6.54 Å². The number of thiophene rings is 1. The molecule has 4 aromatic rings. The predicted molar refractivity (Wildman–Crippen MR) is 129 cm³/mol. The van der Waals surface area contributed by atoms with Gasteiger partial charge in [-0.2, -0.15) is 5.10 Å². The SMILES string of the molecule is CC(C(=O)N(CCc1ccccc1)Cc1ccccc1)n1nc(-c2cccs2)ccc1=O. The van der Waals surface area contributed by atoms with Gasteiger partial charge in [-0.3, -0.25) is 9.59 Å². The number of hydrogen-bond donors (Lipinski definition) is 0. The van der Waals surface area contributed by atoms with Crippen molar-refractivity contribution in [2.24, 2.45) is 0 Å². The molecule has 0 bridgehead atoms. The van der Waals surface area contributed by atoms with Crippen LogP contribution >= 0.6 is 11.3 Å². The Bertz CT molecular complexity index is 1200. The maximum absolute atomic E-state index is 13.5. The van der Waals surface area contributed by atoms with Crippen LogP contribution in [0, 0.1) is 0 Å². The molecular weight excluding hydrogens is 418 g/mol. The molecule has 0 spiro atoms. The molecule has 162 valence electrons. The van der Waals surface area contributed by atoms with Crippen molar-refractivity contribution in [2.45, 2.75) is 25.9 Å². The average molecular weight is 444 g/mol. The minimum absolute atomic E-state index is 0.122. The van der Waals surface area contributed by atoms with E-state index < -0.39 is 6.04 Å². The fourth-order valence-corrected chi connectivity index (χ4v) is 4.30. The normalized spacial score (nSPS) is 11.8. The lowest BCUT2D eigenvalue weighted by Crippen LogP contribution is -2.40. The zero-order chi connectivity index (χ0) is 22.3. The lowest BCUT2D eigenvalue weighted by Gasteiger charge is -2.26. The van der Waals surface area contributed by atoms with Gasteiger partial charge in [0, 0.05) is 19.2 Å². The molecule has 0 saturated heterocycles. The first-order valence-corrected chi connectivity index (χ1v) is 11.5. The van der Waals surface area contributed by atoms with Crippen LogP contribution in [0.4, 0.5) is 0 Å². The lowest BCUT2D eigenvalue weighted by molar-refractivity contribution is -0.135. The molecule has 0 aliphatic heterocycles. The summed E-state index contributed by atoms with van der Waals surface area (Å²) in [7, 11) is 0. The summed E-state index contributed by atoms with van der Waals surface area (Å²) < 4.78 is 1.30.